The van der Waals surface area contributed by atoms with Crippen molar-refractivity contribution in [2.24, 2.45) is 5.92 Å². The summed E-state index contributed by atoms with van der Waals surface area (Å²) in [5.41, 5.74) is 3.99. The highest BCUT2D eigenvalue weighted by Gasteiger charge is 2.25. The van der Waals surface area contributed by atoms with Crippen molar-refractivity contribution in [3.05, 3.63) is 71.3 Å². The van der Waals surface area contributed by atoms with Crippen molar-refractivity contribution < 1.29 is 14.6 Å². The number of carboxylic acids is 1. The Morgan fingerprint density at radius 1 is 1.14 bits per heavy atom. The molecule has 0 aromatic heterocycles. The van der Waals surface area contributed by atoms with Crippen LogP contribution in [-0.4, -0.2) is 48.8 Å². The van der Waals surface area contributed by atoms with Gasteiger partial charge in [-0.1, -0.05) is 54.6 Å². The standard InChI is InChI=1S/C24H31NO3.ClH/c1-19-8-5-6-12-22(19)23(20-9-3-2-4-10-20)13-16-28-17-15-25-14-7-11-21(18-25)24(26)27;/h2-6,8-10,12,21,23H,7,11,13-18H2,1H3,(H,26,27);1H/t21-,23?;/m1./s1. The second-order valence-corrected chi connectivity index (χ2v) is 7.70. The number of aliphatic carboxylic acids is 1. The molecule has 1 unspecified atom stereocenters. The molecule has 5 heteroatoms. The molecule has 0 spiro atoms. The van der Waals surface area contributed by atoms with Gasteiger partial charge in [-0.15, -0.1) is 12.4 Å². The second-order valence-electron chi connectivity index (χ2n) is 7.70. The number of rotatable bonds is 9. The van der Waals surface area contributed by atoms with Gasteiger partial charge in [0.15, 0.2) is 0 Å². The van der Waals surface area contributed by atoms with E-state index in [2.05, 4.69) is 66.4 Å². The second kappa shape index (κ2) is 12.0. The van der Waals surface area contributed by atoms with Gasteiger partial charge in [0.2, 0.25) is 0 Å². The molecule has 158 valence electrons. The maximum atomic E-state index is 11.2. The quantitative estimate of drug-likeness (QED) is 0.598. The molecule has 0 amide bonds. The predicted molar refractivity (Wildman–Crippen MR) is 119 cm³/mol. The Balaban J connectivity index is 0.00000300. The van der Waals surface area contributed by atoms with E-state index in [9.17, 15) is 9.90 Å². The first kappa shape index (κ1) is 23.4. The Bertz CT molecular complexity index is 753. The number of hydrogen-bond acceptors (Lipinski definition) is 3. The van der Waals surface area contributed by atoms with Crippen LogP contribution in [0.15, 0.2) is 54.6 Å². The van der Waals surface area contributed by atoms with Gasteiger partial charge in [-0.3, -0.25) is 4.79 Å². The van der Waals surface area contributed by atoms with Crippen molar-refractivity contribution in [1.29, 1.82) is 0 Å². The highest BCUT2D eigenvalue weighted by molar-refractivity contribution is 5.85. The van der Waals surface area contributed by atoms with Crippen molar-refractivity contribution in [3.8, 4) is 0 Å². The number of piperidine rings is 1. The van der Waals surface area contributed by atoms with E-state index in [1.165, 1.54) is 16.7 Å². The molecule has 0 radical (unpaired) electrons. The number of hydrogen-bond donors (Lipinski definition) is 1. The molecule has 0 aliphatic carbocycles. The average Bonchev–Trinajstić information content (AvgIpc) is 2.72. The van der Waals surface area contributed by atoms with Crippen LogP contribution in [0.5, 0.6) is 0 Å². The zero-order chi connectivity index (χ0) is 19.8. The van der Waals surface area contributed by atoms with Crippen LogP contribution in [0.4, 0.5) is 0 Å². The van der Waals surface area contributed by atoms with E-state index in [0.717, 1.165) is 32.4 Å². The fourth-order valence-electron chi connectivity index (χ4n) is 4.12. The number of halogens is 1. The summed E-state index contributed by atoms with van der Waals surface area (Å²) in [7, 11) is 0. The molecule has 1 N–H and O–H groups in total. The molecule has 3 rings (SSSR count). The van der Waals surface area contributed by atoms with Crippen LogP contribution in [-0.2, 0) is 9.53 Å². The summed E-state index contributed by atoms with van der Waals surface area (Å²) >= 11 is 0. The first-order chi connectivity index (χ1) is 13.6. The number of nitrogens with zero attached hydrogens (tertiary/aromatic N) is 1. The summed E-state index contributed by atoms with van der Waals surface area (Å²) in [5, 5.41) is 9.21. The van der Waals surface area contributed by atoms with Gasteiger partial charge in [0.25, 0.3) is 0 Å². The SMILES string of the molecule is Cc1ccccc1C(CCOCCN1CCC[C@@H](C(=O)O)C1)c1ccccc1.Cl. The molecule has 0 bridgehead atoms. The maximum absolute atomic E-state index is 11.2. The Morgan fingerprint density at radius 2 is 1.86 bits per heavy atom. The van der Waals surface area contributed by atoms with Gasteiger partial charge in [0.05, 0.1) is 12.5 Å². The van der Waals surface area contributed by atoms with Crippen LogP contribution in [0.3, 0.4) is 0 Å². The smallest absolute Gasteiger partial charge is 0.307 e. The molecular weight excluding hydrogens is 386 g/mol. The van der Waals surface area contributed by atoms with Crippen molar-refractivity contribution >= 4 is 18.4 Å². The number of aryl methyl sites for hydroxylation is 1. The van der Waals surface area contributed by atoms with Gasteiger partial charge in [-0.25, -0.2) is 0 Å². The van der Waals surface area contributed by atoms with Crippen LogP contribution in [0.1, 0.15) is 41.9 Å². The molecule has 2 aromatic carbocycles. The first-order valence-corrected chi connectivity index (χ1v) is 10.3. The van der Waals surface area contributed by atoms with Gasteiger partial charge in [-0.05, 0) is 49.4 Å². The molecule has 1 aliphatic heterocycles. The highest BCUT2D eigenvalue weighted by atomic mass is 35.5. The Labute approximate surface area is 180 Å². The van der Waals surface area contributed by atoms with E-state index in [0.29, 0.717) is 25.7 Å². The minimum Gasteiger partial charge on any atom is -0.481 e. The van der Waals surface area contributed by atoms with Crippen LogP contribution in [0, 0.1) is 12.8 Å². The summed E-state index contributed by atoms with van der Waals surface area (Å²) in [6.07, 6.45) is 2.69. The fourth-order valence-corrected chi connectivity index (χ4v) is 4.12. The summed E-state index contributed by atoms with van der Waals surface area (Å²) in [5.74, 6) is -0.569. The van der Waals surface area contributed by atoms with E-state index in [4.69, 9.17) is 4.74 Å². The molecule has 2 aromatic rings. The Morgan fingerprint density at radius 3 is 2.59 bits per heavy atom. The van der Waals surface area contributed by atoms with Crippen LogP contribution in [0.2, 0.25) is 0 Å². The zero-order valence-electron chi connectivity index (χ0n) is 17.1. The monoisotopic (exact) mass is 417 g/mol. The van der Waals surface area contributed by atoms with E-state index in [1.54, 1.807) is 0 Å². The summed E-state index contributed by atoms with van der Waals surface area (Å²) < 4.78 is 5.96. The van der Waals surface area contributed by atoms with E-state index < -0.39 is 5.97 Å². The molecule has 1 saturated heterocycles. The normalized spacial score (nSPS) is 18.0. The number of ether oxygens (including phenoxy) is 1. The van der Waals surface area contributed by atoms with Crippen LogP contribution >= 0.6 is 12.4 Å². The molecule has 4 nitrogen and oxygen atoms in total. The molecule has 0 saturated carbocycles. The minimum absolute atomic E-state index is 0. The lowest BCUT2D eigenvalue weighted by atomic mass is 9.86. The number of likely N-dealkylation sites (tertiary alicyclic amines) is 1. The minimum atomic E-state index is -0.672. The lowest BCUT2D eigenvalue weighted by Gasteiger charge is -2.30. The van der Waals surface area contributed by atoms with Crippen molar-refractivity contribution in [3.63, 3.8) is 0 Å². The highest BCUT2D eigenvalue weighted by Crippen LogP contribution is 2.30. The number of carboxylic acid groups (broad SMARTS) is 1. The van der Waals surface area contributed by atoms with Crippen molar-refractivity contribution in [1.82, 2.24) is 4.90 Å². The number of benzene rings is 2. The van der Waals surface area contributed by atoms with Gasteiger partial charge >= 0.3 is 5.97 Å². The van der Waals surface area contributed by atoms with Gasteiger partial charge < -0.3 is 14.7 Å². The summed E-state index contributed by atoms with van der Waals surface area (Å²) in [6, 6.07) is 19.2. The predicted octanol–water partition coefficient (Wildman–Crippen LogP) is 4.75. The third-order valence-corrected chi connectivity index (χ3v) is 5.72. The summed E-state index contributed by atoms with van der Waals surface area (Å²) in [4.78, 5) is 13.4. The van der Waals surface area contributed by atoms with Crippen molar-refractivity contribution in [2.45, 2.75) is 32.1 Å². The molecule has 1 fully saturated rings. The van der Waals surface area contributed by atoms with E-state index in [1.807, 2.05) is 0 Å². The van der Waals surface area contributed by atoms with Crippen LogP contribution in [0.25, 0.3) is 0 Å². The largest absolute Gasteiger partial charge is 0.481 e. The molecule has 2 atom stereocenters. The van der Waals surface area contributed by atoms with Gasteiger partial charge in [-0.2, -0.15) is 0 Å². The molecule has 1 aliphatic rings. The van der Waals surface area contributed by atoms with E-state index in [-0.39, 0.29) is 18.3 Å². The van der Waals surface area contributed by atoms with E-state index >= 15 is 0 Å². The lowest BCUT2D eigenvalue weighted by Crippen LogP contribution is -2.40. The zero-order valence-corrected chi connectivity index (χ0v) is 17.9. The molecule has 29 heavy (non-hydrogen) atoms. The molecular formula is C24H32ClNO3. The Kier molecular flexibility index (Phi) is 9.65. The fraction of sp³-hybridized carbons (Fsp3) is 0.458. The third kappa shape index (κ3) is 6.84. The van der Waals surface area contributed by atoms with Crippen molar-refractivity contribution in [2.75, 3.05) is 32.8 Å². The van der Waals surface area contributed by atoms with Crippen LogP contribution < -0.4 is 0 Å². The number of carbonyl (C=O) groups is 1. The third-order valence-electron chi connectivity index (χ3n) is 5.72. The Hall–Kier alpha value is -1.88. The van der Waals surface area contributed by atoms with Gasteiger partial charge in [0.1, 0.15) is 0 Å². The lowest BCUT2D eigenvalue weighted by molar-refractivity contribution is -0.143. The van der Waals surface area contributed by atoms with Gasteiger partial charge in [0, 0.05) is 25.6 Å². The summed E-state index contributed by atoms with van der Waals surface area (Å²) in [6.45, 7) is 5.95. The maximum Gasteiger partial charge on any atom is 0.307 e. The topological polar surface area (TPSA) is 49.8 Å². The average molecular weight is 418 g/mol. The first-order valence-electron chi connectivity index (χ1n) is 10.3. The molecule has 1 heterocycles.